The summed E-state index contributed by atoms with van der Waals surface area (Å²) in [7, 11) is 3.89. The van der Waals surface area contributed by atoms with Crippen molar-refractivity contribution in [3.63, 3.8) is 0 Å². The van der Waals surface area contributed by atoms with Gasteiger partial charge in [0.1, 0.15) is 16.7 Å². The maximum atomic E-state index is 5.46. The molecule has 3 N–H and O–H groups in total. The predicted molar refractivity (Wildman–Crippen MR) is 80.2 cm³/mol. The summed E-state index contributed by atoms with van der Waals surface area (Å²) in [6.45, 7) is 0. The van der Waals surface area contributed by atoms with Gasteiger partial charge in [0, 0.05) is 26.1 Å². The highest BCUT2D eigenvalue weighted by Crippen LogP contribution is 2.40. The number of nitrogens with one attached hydrogen (secondary N) is 1. The van der Waals surface area contributed by atoms with Crippen LogP contribution in [0.1, 0.15) is 24.6 Å². The number of rotatable bonds is 5. The number of nitrogen functional groups attached to an aromatic ring is 1. The number of hydrogen-bond donors (Lipinski definition) is 2. The molecule has 2 aromatic rings. The molecule has 9 heteroatoms. The highest BCUT2D eigenvalue weighted by atomic mass is 32.2. The molecule has 1 saturated carbocycles. The van der Waals surface area contributed by atoms with E-state index < -0.39 is 0 Å². The third kappa shape index (κ3) is 3.00. The molecule has 0 aromatic carbocycles. The number of anilines is 2. The molecule has 2 aromatic heterocycles. The lowest BCUT2D eigenvalue weighted by Gasteiger charge is -2.05. The minimum Gasteiger partial charge on any atom is -0.353 e. The molecule has 1 aliphatic rings. The zero-order chi connectivity index (χ0) is 14.1. The largest absolute Gasteiger partial charge is 0.353 e. The van der Waals surface area contributed by atoms with Crippen LogP contribution in [0, 0.1) is 0 Å². The SMILES string of the molecule is CN(C)c1nnc(Sc2cc(NN)nc(C3CC3)n2)s1. The average Bonchev–Trinajstić information content (AvgIpc) is 3.18. The van der Waals surface area contributed by atoms with E-state index in [0.717, 1.165) is 33.2 Å². The lowest BCUT2D eigenvalue weighted by molar-refractivity contribution is 0.876. The van der Waals surface area contributed by atoms with Crippen LogP contribution in [0.15, 0.2) is 15.4 Å². The van der Waals surface area contributed by atoms with Crippen molar-refractivity contribution in [3.8, 4) is 0 Å². The smallest absolute Gasteiger partial charge is 0.208 e. The Kier molecular flexibility index (Phi) is 3.72. The van der Waals surface area contributed by atoms with Crippen LogP contribution in [0.5, 0.6) is 0 Å². The minimum atomic E-state index is 0.481. The van der Waals surface area contributed by atoms with E-state index in [-0.39, 0.29) is 0 Å². The van der Waals surface area contributed by atoms with Gasteiger partial charge in [-0.1, -0.05) is 11.3 Å². The van der Waals surface area contributed by atoms with Gasteiger partial charge >= 0.3 is 0 Å². The van der Waals surface area contributed by atoms with Crippen LogP contribution >= 0.6 is 23.1 Å². The second-order valence-corrected chi connectivity index (χ2v) is 6.94. The summed E-state index contributed by atoms with van der Waals surface area (Å²) in [5, 5.41) is 9.99. The van der Waals surface area contributed by atoms with E-state index in [4.69, 9.17) is 5.84 Å². The Bertz CT molecular complexity index is 609. The number of nitrogens with two attached hydrogens (primary N) is 1. The van der Waals surface area contributed by atoms with Gasteiger partial charge in [0.05, 0.1) is 0 Å². The molecule has 7 nitrogen and oxygen atoms in total. The molecule has 1 fully saturated rings. The fraction of sp³-hybridized carbons (Fsp3) is 0.455. The summed E-state index contributed by atoms with van der Waals surface area (Å²) in [4.78, 5) is 10.9. The predicted octanol–water partition coefficient (Wildman–Crippen LogP) is 1.71. The Balaban J connectivity index is 1.83. The zero-order valence-electron chi connectivity index (χ0n) is 11.2. The molecular weight excluding hydrogens is 294 g/mol. The molecule has 2 heterocycles. The Morgan fingerprint density at radius 1 is 1.35 bits per heavy atom. The first-order valence-corrected chi connectivity index (χ1v) is 7.83. The van der Waals surface area contributed by atoms with Gasteiger partial charge in [0.2, 0.25) is 5.13 Å². The topological polar surface area (TPSA) is 92.9 Å². The van der Waals surface area contributed by atoms with Crippen molar-refractivity contribution >= 4 is 34.0 Å². The van der Waals surface area contributed by atoms with E-state index in [1.807, 2.05) is 25.1 Å². The molecule has 0 bridgehead atoms. The number of nitrogens with zero attached hydrogens (tertiary/aromatic N) is 5. The van der Waals surface area contributed by atoms with Gasteiger partial charge in [-0.25, -0.2) is 15.8 Å². The maximum Gasteiger partial charge on any atom is 0.208 e. The van der Waals surface area contributed by atoms with Crippen LogP contribution in [0.4, 0.5) is 10.9 Å². The van der Waals surface area contributed by atoms with Gasteiger partial charge < -0.3 is 10.3 Å². The van der Waals surface area contributed by atoms with E-state index in [1.54, 1.807) is 0 Å². The van der Waals surface area contributed by atoms with Crippen molar-refractivity contribution in [2.24, 2.45) is 5.84 Å². The summed E-state index contributed by atoms with van der Waals surface area (Å²) < 4.78 is 0.858. The average molecular weight is 309 g/mol. The van der Waals surface area contributed by atoms with Crippen LogP contribution in [0.2, 0.25) is 0 Å². The van der Waals surface area contributed by atoms with E-state index in [0.29, 0.717) is 11.7 Å². The number of aromatic nitrogens is 4. The molecular formula is C11H15N7S2. The lowest BCUT2D eigenvalue weighted by atomic mass is 10.4. The van der Waals surface area contributed by atoms with Crippen LogP contribution in [-0.2, 0) is 0 Å². The second-order valence-electron chi connectivity index (χ2n) is 4.72. The van der Waals surface area contributed by atoms with Gasteiger partial charge in [-0.05, 0) is 24.6 Å². The van der Waals surface area contributed by atoms with E-state index >= 15 is 0 Å². The lowest BCUT2D eigenvalue weighted by Crippen LogP contribution is -2.10. The van der Waals surface area contributed by atoms with E-state index in [1.165, 1.54) is 23.1 Å². The Labute approximate surface area is 125 Å². The minimum absolute atomic E-state index is 0.481. The van der Waals surface area contributed by atoms with Crippen molar-refractivity contribution in [2.75, 3.05) is 24.4 Å². The summed E-state index contributed by atoms with van der Waals surface area (Å²) >= 11 is 3.02. The van der Waals surface area contributed by atoms with Gasteiger partial charge in [0.15, 0.2) is 4.34 Å². The Morgan fingerprint density at radius 2 is 2.15 bits per heavy atom. The van der Waals surface area contributed by atoms with Gasteiger partial charge in [-0.15, -0.1) is 10.2 Å². The van der Waals surface area contributed by atoms with Gasteiger partial charge in [-0.2, -0.15) is 0 Å². The molecule has 0 unspecified atom stereocenters. The number of hydrogen-bond acceptors (Lipinski definition) is 9. The highest BCUT2D eigenvalue weighted by Gasteiger charge is 2.27. The van der Waals surface area contributed by atoms with E-state index in [2.05, 4.69) is 25.6 Å². The second kappa shape index (κ2) is 5.51. The normalized spacial score (nSPS) is 14.3. The first kappa shape index (κ1) is 13.5. The molecule has 1 aliphatic carbocycles. The van der Waals surface area contributed by atoms with Crippen molar-refractivity contribution in [1.82, 2.24) is 20.2 Å². The third-order valence-corrected chi connectivity index (χ3v) is 4.84. The van der Waals surface area contributed by atoms with E-state index in [9.17, 15) is 0 Å². The summed E-state index contributed by atoms with van der Waals surface area (Å²) in [5.74, 6) is 7.45. The quantitative estimate of drug-likeness (QED) is 0.490. The summed E-state index contributed by atoms with van der Waals surface area (Å²) in [5.41, 5.74) is 2.59. The van der Waals surface area contributed by atoms with Crippen molar-refractivity contribution < 1.29 is 0 Å². The fourth-order valence-corrected chi connectivity index (χ4v) is 3.33. The molecule has 0 radical (unpaired) electrons. The van der Waals surface area contributed by atoms with Crippen LogP contribution in [-0.4, -0.2) is 34.3 Å². The first-order valence-electron chi connectivity index (χ1n) is 6.20. The van der Waals surface area contributed by atoms with Crippen LogP contribution in [0.3, 0.4) is 0 Å². The Morgan fingerprint density at radius 3 is 2.75 bits per heavy atom. The fourth-order valence-electron chi connectivity index (χ4n) is 1.61. The number of hydrazine groups is 1. The monoisotopic (exact) mass is 309 g/mol. The first-order chi connectivity index (χ1) is 9.65. The molecule has 0 atom stereocenters. The summed E-state index contributed by atoms with van der Waals surface area (Å²) in [6, 6.07) is 1.83. The highest BCUT2D eigenvalue weighted by molar-refractivity contribution is 8.01. The van der Waals surface area contributed by atoms with Gasteiger partial charge in [-0.3, -0.25) is 0 Å². The maximum absolute atomic E-state index is 5.46. The molecule has 0 spiro atoms. The van der Waals surface area contributed by atoms with Crippen molar-refractivity contribution in [3.05, 3.63) is 11.9 Å². The molecule has 20 heavy (non-hydrogen) atoms. The molecule has 0 aliphatic heterocycles. The van der Waals surface area contributed by atoms with Crippen LogP contribution < -0.4 is 16.2 Å². The molecule has 0 amide bonds. The van der Waals surface area contributed by atoms with Crippen molar-refractivity contribution in [2.45, 2.75) is 28.1 Å². The van der Waals surface area contributed by atoms with Crippen molar-refractivity contribution in [1.29, 1.82) is 0 Å². The molecule has 106 valence electrons. The zero-order valence-corrected chi connectivity index (χ0v) is 12.8. The summed E-state index contributed by atoms with van der Waals surface area (Å²) in [6.07, 6.45) is 2.31. The van der Waals surface area contributed by atoms with Gasteiger partial charge in [0.25, 0.3) is 0 Å². The third-order valence-electron chi connectivity index (χ3n) is 2.78. The Hall–Kier alpha value is -1.45. The van der Waals surface area contributed by atoms with Crippen LogP contribution in [0.25, 0.3) is 0 Å². The standard InChI is InChI=1S/C11H15N7S2/c1-18(2)10-16-17-11(20-10)19-8-5-7(15-12)13-9(14-8)6-3-4-6/h5-6H,3-4,12H2,1-2H3,(H,13,14,15). The molecule has 3 rings (SSSR count). The molecule has 0 saturated heterocycles.